The highest BCUT2D eigenvalue weighted by molar-refractivity contribution is 7.49. The molecule has 0 aromatic carbocycles. The summed E-state index contributed by atoms with van der Waals surface area (Å²) in [6.45, 7) is 6.52. The van der Waals surface area contributed by atoms with E-state index >= 15 is 4.39 Å². The second-order valence-corrected chi connectivity index (χ2v) is 7.85. The summed E-state index contributed by atoms with van der Waals surface area (Å²) in [4.78, 5) is 0. The molecule has 0 radical (unpaired) electrons. The van der Waals surface area contributed by atoms with Crippen molar-refractivity contribution in [2.75, 3.05) is 14.2 Å². The Hall–Kier alpha value is 0.0700. The number of alkyl halides is 4. The van der Waals surface area contributed by atoms with Crippen LogP contribution in [0.25, 0.3) is 0 Å². The summed E-state index contributed by atoms with van der Waals surface area (Å²) in [5.41, 5.74) is -3.22. The maximum absolute atomic E-state index is 15.1. The van der Waals surface area contributed by atoms with Gasteiger partial charge in [-0.1, -0.05) is 27.7 Å². The minimum absolute atomic E-state index is 0.143. The Morgan fingerprint density at radius 3 is 1.62 bits per heavy atom. The number of halogens is 4. The highest BCUT2D eigenvalue weighted by Gasteiger charge is 2.62. The largest absolute Gasteiger partial charge is 0.422 e. The number of hydrogen-bond donors (Lipinski definition) is 0. The van der Waals surface area contributed by atoms with Crippen LogP contribution in [0, 0.1) is 5.92 Å². The number of rotatable bonds is 9. The van der Waals surface area contributed by atoms with Crippen LogP contribution in [0.1, 0.15) is 53.4 Å². The van der Waals surface area contributed by atoms with Gasteiger partial charge in [-0.25, -0.2) is 4.39 Å². The molecule has 2 unspecified atom stereocenters. The molecule has 0 spiro atoms. The maximum atomic E-state index is 15.1. The molecule has 0 bridgehead atoms. The molecule has 0 aromatic heterocycles. The van der Waals surface area contributed by atoms with Gasteiger partial charge in [0.15, 0.2) is 8.38 Å². The molecule has 7 heteroatoms. The van der Waals surface area contributed by atoms with Crippen LogP contribution in [0.5, 0.6) is 0 Å². The lowest BCUT2D eigenvalue weighted by Gasteiger charge is -2.43. The van der Waals surface area contributed by atoms with E-state index in [1.54, 1.807) is 27.7 Å². The average molecular weight is 334 g/mol. The van der Waals surface area contributed by atoms with Gasteiger partial charge in [0, 0.05) is 31.7 Å². The molecule has 0 saturated heterocycles. The Balaban J connectivity index is 5.67. The molecule has 2 nitrogen and oxygen atoms in total. The summed E-state index contributed by atoms with van der Waals surface area (Å²) in [5, 5.41) is -0.994. The molecule has 0 heterocycles. The SMILES string of the molecule is CCC(CC)C(F)(CC(C)(CC)P(OC)OC)C(F)(F)F. The second kappa shape index (κ2) is 8.07. The molecule has 0 aliphatic rings. The molecule has 0 rings (SSSR count). The van der Waals surface area contributed by atoms with Gasteiger partial charge in [0.05, 0.1) is 0 Å². The molecular formula is C14H27F4O2P. The van der Waals surface area contributed by atoms with Gasteiger partial charge in [0.1, 0.15) is 0 Å². The van der Waals surface area contributed by atoms with Crippen LogP contribution in [0.2, 0.25) is 0 Å². The minimum atomic E-state index is -4.90. The van der Waals surface area contributed by atoms with Crippen LogP contribution in [0.3, 0.4) is 0 Å². The molecule has 0 fully saturated rings. The van der Waals surface area contributed by atoms with E-state index in [1.807, 2.05) is 0 Å². The van der Waals surface area contributed by atoms with Crippen LogP contribution in [-0.2, 0) is 9.05 Å². The van der Waals surface area contributed by atoms with Crippen LogP contribution >= 0.6 is 8.38 Å². The van der Waals surface area contributed by atoms with E-state index in [4.69, 9.17) is 9.05 Å². The monoisotopic (exact) mass is 334 g/mol. The van der Waals surface area contributed by atoms with Gasteiger partial charge >= 0.3 is 6.18 Å². The van der Waals surface area contributed by atoms with E-state index in [0.717, 1.165) is 0 Å². The van der Waals surface area contributed by atoms with Crippen LogP contribution < -0.4 is 0 Å². The van der Waals surface area contributed by atoms with Crippen LogP contribution in [0.15, 0.2) is 0 Å². The topological polar surface area (TPSA) is 18.5 Å². The second-order valence-electron chi connectivity index (χ2n) is 5.52. The van der Waals surface area contributed by atoms with E-state index in [0.29, 0.717) is 6.42 Å². The zero-order valence-electron chi connectivity index (χ0n) is 13.7. The Morgan fingerprint density at radius 1 is 0.952 bits per heavy atom. The minimum Gasteiger partial charge on any atom is -0.337 e. The zero-order chi connectivity index (χ0) is 16.9. The third-order valence-corrected chi connectivity index (χ3v) is 6.30. The normalized spacial score (nSPS) is 18.9. The Labute approximate surface area is 126 Å². The number of hydrogen-bond acceptors (Lipinski definition) is 2. The standard InChI is InChI=1S/C14H27F4O2P/c1-7-11(8-2)13(15,14(16,17)18)10-12(4,9-3)21(19-5)20-6/h11H,7-10H2,1-6H3. The summed E-state index contributed by atoms with van der Waals surface area (Å²) < 4.78 is 65.6. The van der Waals surface area contributed by atoms with Gasteiger partial charge in [-0.3, -0.25) is 0 Å². The first-order valence-corrected chi connectivity index (χ1v) is 8.38. The molecule has 0 aliphatic heterocycles. The van der Waals surface area contributed by atoms with Gasteiger partial charge in [0.2, 0.25) is 5.67 Å². The summed E-state index contributed by atoms with van der Waals surface area (Å²) >= 11 is 0. The Morgan fingerprint density at radius 2 is 1.38 bits per heavy atom. The molecule has 0 saturated carbocycles. The van der Waals surface area contributed by atoms with Crippen molar-refractivity contribution in [1.82, 2.24) is 0 Å². The van der Waals surface area contributed by atoms with E-state index in [2.05, 4.69) is 0 Å². The predicted molar refractivity (Wildman–Crippen MR) is 78.2 cm³/mol. The van der Waals surface area contributed by atoms with Gasteiger partial charge in [-0.15, -0.1) is 0 Å². The smallest absolute Gasteiger partial charge is 0.337 e. The Kier molecular flexibility index (Phi) is 8.10. The molecule has 2 atom stereocenters. The van der Waals surface area contributed by atoms with Crippen molar-refractivity contribution in [3.63, 3.8) is 0 Å². The highest BCUT2D eigenvalue weighted by atomic mass is 31.2. The van der Waals surface area contributed by atoms with Gasteiger partial charge in [-0.2, -0.15) is 13.2 Å². The quantitative estimate of drug-likeness (QED) is 0.388. The molecule has 0 amide bonds. The first kappa shape index (κ1) is 21.1. The highest BCUT2D eigenvalue weighted by Crippen LogP contribution is 2.59. The zero-order valence-corrected chi connectivity index (χ0v) is 14.6. The lowest BCUT2D eigenvalue weighted by molar-refractivity contribution is -0.254. The summed E-state index contributed by atoms with van der Waals surface area (Å²) in [6.07, 6.45) is -4.90. The Bertz CT molecular complexity index is 306. The fraction of sp³-hybridized carbons (Fsp3) is 1.00. The van der Waals surface area contributed by atoms with Gasteiger partial charge in [-0.05, 0) is 19.3 Å². The van der Waals surface area contributed by atoms with Crippen molar-refractivity contribution >= 4 is 8.38 Å². The first-order chi connectivity index (χ1) is 9.56. The van der Waals surface area contributed by atoms with Crippen molar-refractivity contribution in [3.05, 3.63) is 0 Å². The summed E-state index contributed by atoms with van der Waals surface area (Å²) in [7, 11) is 1.18. The van der Waals surface area contributed by atoms with Crippen LogP contribution in [0.4, 0.5) is 17.6 Å². The van der Waals surface area contributed by atoms with E-state index in [-0.39, 0.29) is 12.8 Å². The van der Waals surface area contributed by atoms with Gasteiger partial charge in [0.25, 0.3) is 0 Å². The molecule has 0 aromatic rings. The lowest BCUT2D eigenvalue weighted by Crippen LogP contribution is -2.51. The molecular weight excluding hydrogens is 307 g/mol. The summed E-state index contributed by atoms with van der Waals surface area (Å²) in [5.74, 6) is -1.06. The predicted octanol–water partition coefficient (Wildman–Crippen LogP) is 5.86. The van der Waals surface area contributed by atoms with E-state index in [9.17, 15) is 13.2 Å². The molecule has 0 N–H and O–H groups in total. The molecule has 21 heavy (non-hydrogen) atoms. The fourth-order valence-corrected chi connectivity index (χ4v) is 4.45. The fourth-order valence-electron chi connectivity index (χ4n) is 2.80. The first-order valence-electron chi connectivity index (χ1n) is 7.20. The summed E-state index contributed by atoms with van der Waals surface area (Å²) in [6, 6.07) is 0. The van der Waals surface area contributed by atoms with Crippen molar-refractivity contribution in [2.45, 2.75) is 70.4 Å². The van der Waals surface area contributed by atoms with E-state index < -0.39 is 37.7 Å². The van der Waals surface area contributed by atoms with Crippen molar-refractivity contribution in [1.29, 1.82) is 0 Å². The average Bonchev–Trinajstić information content (AvgIpc) is 2.40. The molecule has 0 aliphatic carbocycles. The van der Waals surface area contributed by atoms with Gasteiger partial charge < -0.3 is 9.05 Å². The maximum Gasteiger partial charge on any atom is 0.422 e. The third kappa shape index (κ3) is 4.52. The van der Waals surface area contributed by atoms with E-state index in [1.165, 1.54) is 14.2 Å². The third-order valence-electron chi connectivity index (χ3n) is 4.28. The van der Waals surface area contributed by atoms with Crippen LogP contribution in [-0.4, -0.2) is 31.2 Å². The van der Waals surface area contributed by atoms with Crippen molar-refractivity contribution in [3.8, 4) is 0 Å². The van der Waals surface area contributed by atoms with Crippen molar-refractivity contribution < 1.29 is 26.6 Å². The van der Waals surface area contributed by atoms with Crippen molar-refractivity contribution in [2.24, 2.45) is 5.92 Å². The molecule has 128 valence electrons. The lowest BCUT2D eigenvalue weighted by atomic mass is 9.77.